The molecule has 1 saturated heterocycles. The Morgan fingerprint density at radius 1 is 1.00 bits per heavy atom. The van der Waals surface area contributed by atoms with Crippen molar-refractivity contribution in [3.8, 4) is 0 Å². The van der Waals surface area contributed by atoms with Gasteiger partial charge in [-0.15, -0.1) is 0 Å². The van der Waals surface area contributed by atoms with Crippen molar-refractivity contribution >= 4 is 17.7 Å². The number of carbonyl (C=O) groups excluding carboxylic acids is 3. The van der Waals surface area contributed by atoms with E-state index in [0.717, 1.165) is 51.4 Å². The molecule has 3 amide bonds. The number of hydrogen-bond donors (Lipinski definition) is 2. The summed E-state index contributed by atoms with van der Waals surface area (Å²) in [4.78, 5) is 38.3. The van der Waals surface area contributed by atoms with Crippen molar-refractivity contribution in [1.82, 2.24) is 10.2 Å². The normalized spacial score (nSPS) is 34.4. The fourth-order valence-corrected chi connectivity index (χ4v) is 4.46. The Hall–Kier alpha value is -1.43. The van der Waals surface area contributed by atoms with Gasteiger partial charge in [0.25, 0.3) is 0 Å². The number of nitrogens with zero attached hydrogens (tertiary/aromatic N) is 1. The van der Waals surface area contributed by atoms with E-state index < -0.39 is 0 Å². The van der Waals surface area contributed by atoms with Crippen LogP contribution in [0.15, 0.2) is 0 Å². The third-order valence-electron chi connectivity index (χ3n) is 5.79. The molecule has 1 heterocycles. The maximum atomic E-state index is 12.4. The molecule has 0 spiro atoms. The Morgan fingerprint density at radius 2 is 1.57 bits per heavy atom. The lowest BCUT2D eigenvalue weighted by atomic mass is 9.81. The van der Waals surface area contributed by atoms with Crippen LogP contribution in [-0.2, 0) is 14.4 Å². The molecule has 6 heteroatoms. The van der Waals surface area contributed by atoms with E-state index in [-0.39, 0.29) is 42.1 Å². The highest BCUT2D eigenvalue weighted by Crippen LogP contribution is 2.37. The lowest BCUT2D eigenvalue weighted by Gasteiger charge is -2.31. The van der Waals surface area contributed by atoms with Gasteiger partial charge in [0.05, 0.1) is 11.8 Å². The molecule has 2 aliphatic carbocycles. The van der Waals surface area contributed by atoms with Gasteiger partial charge in [-0.3, -0.25) is 19.3 Å². The molecule has 6 nitrogen and oxygen atoms in total. The molecule has 3 fully saturated rings. The molecular formula is C17H27N3O3. The fourth-order valence-electron chi connectivity index (χ4n) is 4.46. The predicted octanol–water partition coefficient (Wildman–Crippen LogP) is 0.795. The zero-order chi connectivity index (χ0) is 16.4. The molecule has 3 aliphatic rings. The summed E-state index contributed by atoms with van der Waals surface area (Å²) in [5, 5.41) is 3.00. The molecule has 0 aromatic carbocycles. The van der Waals surface area contributed by atoms with E-state index in [9.17, 15) is 14.4 Å². The first-order valence-electron chi connectivity index (χ1n) is 8.96. The zero-order valence-electron chi connectivity index (χ0n) is 13.6. The Kier molecular flexibility index (Phi) is 4.99. The summed E-state index contributed by atoms with van der Waals surface area (Å²) < 4.78 is 0. The average Bonchev–Trinajstić information content (AvgIpc) is 2.81. The summed E-state index contributed by atoms with van der Waals surface area (Å²) in [6.45, 7) is 0.440. The fraction of sp³-hybridized carbons (Fsp3) is 0.824. The first-order valence-corrected chi connectivity index (χ1v) is 8.96. The van der Waals surface area contributed by atoms with Gasteiger partial charge < -0.3 is 11.1 Å². The molecule has 1 aliphatic heterocycles. The molecule has 4 atom stereocenters. The van der Waals surface area contributed by atoms with E-state index in [0.29, 0.717) is 12.5 Å². The van der Waals surface area contributed by atoms with E-state index in [4.69, 9.17) is 5.73 Å². The number of likely N-dealkylation sites (tertiary alicyclic amines) is 1. The summed E-state index contributed by atoms with van der Waals surface area (Å²) in [6, 6.07) is 0.0799. The maximum Gasteiger partial charge on any atom is 0.240 e. The number of hydrogen-bond acceptors (Lipinski definition) is 4. The van der Waals surface area contributed by atoms with Crippen molar-refractivity contribution in [2.24, 2.45) is 23.5 Å². The standard InChI is InChI=1S/C17H27N3O3/c18-9-11-5-1-4-8-14(11)19-15(21)10-20-16(22)12-6-2-3-7-13(12)17(20)23/h11-14H,1-10,18H2,(H,19,21). The van der Waals surface area contributed by atoms with Gasteiger partial charge in [-0.2, -0.15) is 0 Å². The van der Waals surface area contributed by atoms with Crippen molar-refractivity contribution in [3.63, 3.8) is 0 Å². The summed E-state index contributed by atoms with van der Waals surface area (Å²) in [6.07, 6.45) is 7.78. The Balaban J connectivity index is 1.59. The van der Waals surface area contributed by atoms with Gasteiger partial charge >= 0.3 is 0 Å². The van der Waals surface area contributed by atoms with Crippen molar-refractivity contribution in [2.45, 2.75) is 57.4 Å². The third kappa shape index (κ3) is 3.27. The lowest BCUT2D eigenvalue weighted by Crippen LogP contribution is -2.49. The van der Waals surface area contributed by atoms with E-state index in [1.165, 1.54) is 4.90 Å². The van der Waals surface area contributed by atoms with Gasteiger partial charge in [0.2, 0.25) is 17.7 Å². The molecule has 0 aromatic heterocycles. The maximum absolute atomic E-state index is 12.4. The molecule has 0 aromatic rings. The molecule has 0 bridgehead atoms. The molecule has 4 unspecified atom stereocenters. The summed E-state index contributed by atoms with van der Waals surface area (Å²) in [5.41, 5.74) is 5.79. The number of rotatable bonds is 4. The summed E-state index contributed by atoms with van der Waals surface area (Å²) in [7, 11) is 0. The van der Waals surface area contributed by atoms with E-state index in [1.807, 2.05) is 0 Å². The quantitative estimate of drug-likeness (QED) is 0.749. The van der Waals surface area contributed by atoms with Crippen LogP contribution in [0.1, 0.15) is 51.4 Å². The first-order chi connectivity index (χ1) is 11.1. The minimum absolute atomic E-state index is 0.0799. The van der Waals surface area contributed by atoms with E-state index in [1.54, 1.807) is 0 Å². The monoisotopic (exact) mass is 321 g/mol. The van der Waals surface area contributed by atoms with E-state index >= 15 is 0 Å². The Bertz CT molecular complexity index is 469. The molecular weight excluding hydrogens is 294 g/mol. The second kappa shape index (κ2) is 6.99. The topological polar surface area (TPSA) is 92.5 Å². The predicted molar refractivity (Wildman–Crippen MR) is 85.1 cm³/mol. The molecule has 23 heavy (non-hydrogen) atoms. The van der Waals surface area contributed by atoms with Gasteiger partial charge in [0.15, 0.2) is 0 Å². The smallest absolute Gasteiger partial charge is 0.240 e. The van der Waals surface area contributed by atoms with Gasteiger partial charge in [-0.25, -0.2) is 0 Å². The minimum Gasteiger partial charge on any atom is -0.351 e. The third-order valence-corrected chi connectivity index (χ3v) is 5.79. The molecule has 2 saturated carbocycles. The Labute approximate surface area is 137 Å². The van der Waals surface area contributed by atoms with Crippen molar-refractivity contribution < 1.29 is 14.4 Å². The number of nitrogens with one attached hydrogen (secondary N) is 1. The lowest BCUT2D eigenvalue weighted by molar-refractivity contribution is -0.143. The SMILES string of the molecule is NCC1CCCCC1NC(=O)CN1C(=O)C2CCCCC2C1=O. The van der Waals surface area contributed by atoms with Crippen LogP contribution in [-0.4, -0.2) is 41.8 Å². The number of fused-ring (bicyclic) bond motifs is 1. The highest BCUT2D eigenvalue weighted by Gasteiger charge is 2.48. The molecule has 3 rings (SSSR count). The second-order valence-corrected chi connectivity index (χ2v) is 7.21. The van der Waals surface area contributed by atoms with Crippen molar-refractivity contribution in [2.75, 3.05) is 13.1 Å². The largest absolute Gasteiger partial charge is 0.351 e. The number of carbonyl (C=O) groups is 3. The van der Waals surface area contributed by atoms with Crippen LogP contribution >= 0.6 is 0 Å². The van der Waals surface area contributed by atoms with Gasteiger partial charge in [-0.05, 0) is 38.1 Å². The van der Waals surface area contributed by atoms with Gasteiger partial charge in [0.1, 0.15) is 6.54 Å². The van der Waals surface area contributed by atoms with Crippen LogP contribution in [0, 0.1) is 17.8 Å². The van der Waals surface area contributed by atoms with Crippen molar-refractivity contribution in [1.29, 1.82) is 0 Å². The summed E-state index contributed by atoms with van der Waals surface area (Å²) >= 11 is 0. The zero-order valence-corrected chi connectivity index (χ0v) is 13.6. The number of nitrogens with two attached hydrogens (primary N) is 1. The van der Waals surface area contributed by atoms with Crippen LogP contribution in [0.25, 0.3) is 0 Å². The van der Waals surface area contributed by atoms with Crippen LogP contribution in [0.4, 0.5) is 0 Å². The van der Waals surface area contributed by atoms with Crippen LogP contribution < -0.4 is 11.1 Å². The highest BCUT2D eigenvalue weighted by atomic mass is 16.2. The van der Waals surface area contributed by atoms with Gasteiger partial charge in [-0.1, -0.05) is 25.7 Å². The molecule has 0 radical (unpaired) electrons. The number of imide groups is 1. The van der Waals surface area contributed by atoms with Crippen LogP contribution in [0.3, 0.4) is 0 Å². The second-order valence-electron chi connectivity index (χ2n) is 7.21. The average molecular weight is 321 g/mol. The van der Waals surface area contributed by atoms with Crippen LogP contribution in [0.5, 0.6) is 0 Å². The van der Waals surface area contributed by atoms with Crippen LogP contribution in [0.2, 0.25) is 0 Å². The highest BCUT2D eigenvalue weighted by molar-refractivity contribution is 6.07. The molecule has 3 N–H and O–H groups in total. The summed E-state index contributed by atoms with van der Waals surface area (Å²) in [5.74, 6) is -0.579. The minimum atomic E-state index is -0.226. The van der Waals surface area contributed by atoms with Crippen molar-refractivity contribution in [3.05, 3.63) is 0 Å². The van der Waals surface area contributed by atoms with E-state index in [2.05, 4.69) is 5.32 Å². The van der Waals surface area contributed by atoms with Gasteiger partial charge in [0, 0.05) is 6.04 Å². The first kappa shape index (κ1) is 16.4. The Morgan fingerprint density at radius 3 is 2.17 bits per heavy atom. The molecule has 128 valence electrons. The number of amides is 3.